The van der Waals surface area contributed by atoms with Gasteiger partial charge in [-0.05, 0) is 41.8 Å². The van der Waals surface area contributed by atoms with Crippen LogP contribution in [0.4, 0.5) is 10.1 Å². The van der Waals surface area contributed by atoms with Crippen LogP contribution in [0.2, 0.25) is 5.02 Å². The van der Waals surface area contributed by atoms with Gasteiger partial charge in [-0.15, -0.1) is 22.7 Å². The lowest BCUT2D eigenvalue weighted by Crippen LogP contribution is -2.27. The monoisotopic (exact) mass is 470 g/mol. The molecule has 10 heteroatoms. The molecule has 0 bridgehead atoms. The van der Waals surface area contributed by atoms with E-state index < -0.39 is 11.7 Å². The molecule has 1 amide bonds. The van der Waals surface area contributed by atoms with E-state index in [0.717, 1.165) is 22.0 Å². The minimum absolute atomic E-state index is 0.0993. The molecule has 0 aliphatic heterocycles. The molecule has 5 aromatic rings. The minimum Gasteiger partial charge on any atom is -0.324 e. The van der Waals surface area contributed by atoms with Gasteiger partial charge in [0.1, 0.15) is 21.9 Å². The number of thiophene rings is 2. The highest BCUT2D eigenvalue weighted by atomic mass is 35.5. The SMILES string of the molecule is O=C(Cn1cnc2c(sc3nc(-c4cccs4)ccc32)c1=O)Nc1ccc(F)c(Cl)c1. The number of fused-ring (bicyclic) bond motifs is 3. The molecule has 0 atom stereocenters. The molecule has 0 spiro atoms. The molecule has 154 valence electrons. The Morgan fingerprint density at radius 2 is 2.10 bits per heavy atom. The van der Waals surface area contributed by atoms with Gasteiger partial charge in [-0.2, -0.15) is 0 Å². The summed E-state index contributed by atoms with van der Waals surface area (Å²) in [4.78, 5) is 36.2. The lowest BCUT2D eigenvalue weighted by molar-refractivity contribution is -0.116. The molecule has 1 N–H and O–H groups in total. The molecule has 0 saturated heterocycles. The van der Waals surface area contributed by atoms with Crippen LogP contribution in [0, 0.1) is 5.82 Å². The molecule has 0 saturated carbocycles. The quantitative estimate of drug-likeness (QED) is 0.393. The first-order valence-corrected chi connectivity index (χ1v) is 11.1. The number of hydrogen-bond acceptors (Lipinski definition) is 6. The van der Waals surface area contributed by atoms with Gasteiger partial charge >= 0.3 is 0 Å². The van der Waals surface area contributed by atoms with E-state index in [4.69, 9.17) is 11.6 Å². The summed E-state index contributed by atoms with van der Waals surface area (Å²) in [5.41, 5.74) is 1.42. The van der Waals surface area contributed by atoms with Gasteiger partial charge in [0, 0.05) is 11.1 Å². The molecule has 0 fully saturated rings. The Labute approximate surface area is 187 Å². The van der Waals surface area contributed by atoms with Crippen LogP contribution in [-0.4, -0.2) is 20.4 Å². The fourth-order valence-corrected chi connectivity index (χ4v) is 5.10. The van der Waals surface area contributed by atoms with Crippen molar-refractivity contribution in [2.75, 3.05) is 5.32 Å². The summed E-state index contributed by atoms with van der Waals surface area (Å²) in [5, 5.41) is 5.28. The van der Waals surface area contributed by atoms with Gasteiger partial charge in [0.15, 0.2) is 0 Å². The second-order valence-corrected chi connectivity index (χ2v) is 9.01. The Balaban J connectivity index is 1.46. The van der Waals surface area contributed by atoms with E-state index in [0.29, 0.717) is 20.7 Å². The number of carbonyl (C=O) groups excluding carboxylic acids is 1. The fourth-order valence-electron chi connectivity index (χ4n) is 3.15. The van der Waals surface area contributed by atoms with Crippen LogP contribution >= 0.6 is 34.3 Å². The third-order valence-electron chi connectivity index (χ3n) is 4.60. The topological polar surface area (TPSA) is 76.9 Å². The van der Waals surface area contributed by atoms with Crippen LogP contribution in [0.3, 0.4) is 0 Å². The van der Waals surface area contributed by atoms with Crippen molar-refractivity contribution in [2.24, 2.45) is 0 Å². The summed E-state index contributed by atoms with van der Waals surface area (Å²) in [7, 11) is 0. The lowest BCUT2D eigenvalue weighted by atomic mass is 10.2. The van der Waals surface area contributed by atoms with Crippen molar-refractivity contribution >= 4 is 66.3 Å². The lowest BCUT2D eigenvalue weighted by Gasteiger charge is -2.07. The second kappa shape index (κ2) is 7.84. The van der Waals surface area contributed by atoms with E-state index >= 15 is 0 Å². The highest BCUT2D eigenvalue weighted by Crippen LogP contribution is 2.32. The average Bonchev–Trinajstić information content (AvgIpc) is 3.41. The Morgan fingerprint density at radius 1 is 1.23 bits per heavy atom. The van der Waals surface area contributed by atoms with Crippen LogP contribution in [0.15, 0.2) is 59.0 Å². The summed E-state index contributed by atoms with van der Waals surface area (Å²) >= 11 is 8.58. The smallest absolute Gasteiger partial charge is 0.271 e. The first kappa shape index (κ1) is 19.8. The number of amides is 1. The fraction of sp³-hybridized carbons (Fsp3) is 0.0476. The molecular formula is C21H12ClFN4O2S2. The van der Waals surface area contributed by atoms with E-state index in [1.807, 2.05) is 29.6 Å². The summed E-state index contributed by atoms with van der Waals surface area (Å²) in [6.45, 7) is -0.237. The maximum Gasteiger partial charge on any atom is 0.271 e. The van der Waals surface area contributed by atoms with Gasteiger partial charge in [-0.1, -0.05) is 17.7 Å². The van der Waals surface area contributed by atoms with E-state index in [9.17, 15) is 14.0 Å². The summed E-state index contributed by atoms with van der Waals surface area (Å²) in [6, 6.07) is 11.6. The summed E-state index contributed by atoms with van der Waals surface area (Å²) < 4.78 is 14.9. The van der Waals surface area contributed by atoms with Gasteiger partial charge in [0.05, 0.1) is 27.4 Å². The molecule has 0 aliphatic carbocycles. The van der Waals surface area contributed by atoms with Crippen molar-refractivity contribution in [3.8, 4) is 10.6 Å². The molecule has 4 aromatic heterocycles. The number of rotatable bonds is 4. The van der Waals surface area contributed by atoms with Crippen molar-refractivity contribution < 1.29 is 9.18 Å². The number of hydrogen-bond donors (Lipinski definition) is 1. The third kappa shape index (κ3) is 3.71. The van der Waals surface area contributed by atoms with Crippen LogP contribution in [0.25, 0.3) is 31.0 Å². The van der Waals surface area contributed by atoms with E-state index in [1.54, 1.807) is 11.3 Å². The van der Waals surface area contributed by atoms with Gasteiger partial charge < -0.3 is 5.32 Å². The molecule has 6 nitrogen and oxygen atoms in total. The van der Waals surface area contributed by atoms with Gasteiger partial charge in [-0.25, -0.2) is 14.4 Å². The second-order valence-electron chi connectivity index (χ2n) is 6.66. The van der Waals surface area contributed by atoms with Crippen LogP contribution in [-0.2, 0) is 11.3 Å². The normalized spacial score (nSPS) is 11.3. The number of carbonyl (C=O) groups is 1. The molecule has 0 radical (unpaired) electrons. The maximum atomic E-state index is 13.3. The molecule has 5 rings (SSSR count). The largest absolute Gasteiger partial charge is 0.324 e. The van der Waals surface area contributed by atoms with Crippen molar-refractivity contribution in [1.82, 2.24) is 14.5 Å². The van der Waals surface area contributed by atoms with Crippen molar-refractivity contribution in [3.63, 3.8) is 0 Å². The molecule has 0 unspecified atom stereocenters. The Kier molecular flexibility index (Phi) is 5.01. The summed E-state index contributed by atoms with van der Waals surface area (Å²) in [5.74, 6) is -1.03. The highest BCUT2D eigenvalue weighted by Gasteiger charge is 2.15. The average molecular weight is 471 g/mol. The zero-order valence-electron chi connectivity index (χ0n) is 15.6. The standard InChI is InChI=1S/C21H12ClFN4O2S2/c22-13-8-11(3-5-14(13)23)25-17(28)9-27-10-24-18-12-4-6-15(16-2-1-7-30-16)26-20(12)31-19(18)21(27)29/h1-8,10H,9H2,(H,25,28). The van der Waals surface area contributed by atoms with Crippen LogP contribution < -0.4 is 10.9 Å². The van der Waals surface area contributed by atoms with Crippen molar-refractivity contribution in [3.05, 3.63) is 75.4 Å². The van der Waals surface area contributed by atoms with E-state index in [2.05, 4.69) is 15.3 Å². The van der Waals surface area contributed by atoms with E-state index in [-0.39, 0.29) is 17.1 Å². The highest BCUT2D eigenvalue weighted by molar-refractivity contribution is 7.25. The Morgan fingerprint density at radius 3 is 2.87 bits per heavy atom. The van der Waals surface area contributed by atoms with Crippen LogP contribution in [0.1, 0.15) is 0 Å². The first-order valence-electron chi connectivity index (χ1n) is 9.07. The van der Waals surface area contributed by atoms with Gasteiger partial charge in [0.2, 0.25) is 5.91 Å². The number of nitrogens with one attached hydrogen (secondary N) is 1. The minimum atomic E-state index is -0.578. The predicted molar refractivity (Wildman–Crippen MR) is 123 cm³/mol. The Hall–Kier alpha value is -3.14. The molecule has 1 aromatic carbocycles. The third-order valence-corrected chi connectivity index (χ3v) is 6.86. The van der Waals surface area contributed by atoms with Crippen LogP contribution in [0.5, 0.6) is 0 Å². The molecule has 31 heavy (non-hydrogen) atoms. The summed E-state index contributed by atoms with van der Waals surface area (Å²) in [6.07, 6.45) is 1.35. The zero-order chi connectivity index (χ0) is 21.5. The number of anilines is 1. The first-order chi connectivity index (χ1) is 15.0. The van der Waals surface area contributed by atoms with Crippen molar-refractivity contribution in [1.29, 1.82) is 0 Å². The zero-order valence-corrected chi connectivity index (χ0v) is 18.0. The maximum absolute atomic E-state index is 13.3. The number of benzene rings is 1. The van der Waals surface area contributed by atoms with Gasteiger partial charge in [0.25, 0.3) is 5.56 Å². The van der Waals surface area contributed by atoms with Gasteiger partial charge in [-0.3, -0.25) is 14.2 Å². The Bertz CT molecular complexity index is 1510. The predicted octanol–water partition coefficient (Wildman–Crippen LogP) is 5.17. The number of aromatic nitrogens is 3. The molecule has 0 aliphatic rings. The number of halogens is 2. The number of pyridine rings is 1. The van der Waals surface area contributed by atoms with E-state index in [1.165, 1.54) is 34.4 Å². The molecular weight excluding hydrogens is 459 g/mol. The molecule has 4 heterocycles. The number of nitrogens with zero attached hydrogens (tertiary/aromatic N) is 3. The van der Waals surface area contributed by atoms with Crippen molar-refractivity contribution in [2.45, 2.75) is 6.54 Å².